The van der Waals surface area contributed by atoms with E-state index in [0.717, 1.165) is 12.3 Å². The zero-order valence-electron chi connectivity index (χ0n) is 10.8. The van der Waals surface area contributed by atoms with Crippen molar-refractivity contribution in [1.29, 1.82) is 0 Å². The number of carbonyl (C=O) groups is 2. The van der Waals surface area contributed by atoms with E-state index in [2.05, 4.69) is 30.3 Å². The second-order valence-corrected chi connectivity index (χ2v) is 11.3. The van der Waals surface area contributed by atoms with Gasteiger partial charge in [0.2, 0.25) is 0 Å². The molecule has 1 heterocycles. The summed E-state index contributed by atoms with van der Waals surface area (Å²) in [6.07, 6.45) is 0.469. The monoisotopic (exact) mass is 258 g/mol. The molecule has 0 unspecified atom stereocenters. The van der Waals surface area contributed by atoms with Gasteiger partial charge in [-0.05, 0) is 6.04 Å². The third-order valence-electron chi connectivity index (χ3n) is 2.82. The molecule has 5 nitrogen and oxygen atoms in total. The minimum atomic E-state index is -1.16. The van der Waals surface area contributed by atoms with Gasteiger partial charge in [-0.15, -0.1) is 0 Å². The van der Waals surface area contributed by atoms with Crippen molar-refractivity contribution >= 4 is 20.5 Å². The molecule has 0 spiro atoms. The van der Waals surface area contributed by atoms with Crippen LogP contribution in [-0.2, 0) is 9.53 Å². The summed E-state index contributed by atoms with van der Waals surface area (Å²) in [5, 5.41) is 5.79. The number of hydrogen-bond donors (Lipinski definition) is 2. The smallest absolute Gasteiger partial charge is 0.407 e. The summed E-state index contributed by atoms with van der Waals surface area (Å²) in [4.78, 5) is 22.2. The van der Waals surface area contributed by atoms with Crippen LogP contribution >= 0.6 is 0 Å². The van der Waals surface area contributed by atoms with Crippen molar-refractivity contribution in [2.24, 2.45) is 5.92 Å². The number of alkyl carbamates (subject to hydrolysis) is 1. The van der Waals surface area contributed by atoms with Crippen LogP contribution in [0.4, 0.5) is 4.79 Å². The van der Waals surface area contributed by atoms with Crippen LogP contribution in [0.2, 0.25) is 25.7 Å². The van der Waals surface area contributed by atoms with Crippen molar-refractivity contribution in [3.8, 4) is 0 Å². The van der Waals surface area contributed by atoms with Gasteiger partial charge in [0.15, 0.2) is 0 Å². The van der Waals surface area contributed by atoms with Gasteiger partial charge in [0.05, 0.1) is 12.6 Å². The molecule has 1 fully saturated rings. The maximum atomic E-state index is 11.5. The van der Waals surface area contributed by atoms with Crippen LogP contribution in [0.15, 0.2) is 0 Å². The highest BCUT2D eigenvalue weighted by Gasteiger charge is 2.28. The zero-order valence-corrected chi connectivity index (χ0v) is 11.8. The van der Waals surface area contributed by atoms with Crippen LogP contribution < -0.4 is 10.6 Å². The summed E-state index contributed by atoms with van der Waals surface area (Å²) in [5.41, 5.74) is 0. The van der Waals surface area contributed by atoms with Crippen LogP contribution in [0.25, 0.3) is 0 Å². The fraction of sp³-hybridized carbons (Fsp3) is 0.818. The van der Waals surface area contributed by atoms with Crippen molar-refractivity contribution < 1.29 is 14.3 Å². The summed E-state index contributed by atoms with van der Waals surface area (Å²) >= 11 is 0. The molecule has 2 N–H and O–H groups in total. The summed E-state index contributed by atoms with van der Waals surface area (Å²) in [5.74, 6) is -0.139. The molecule has 0 bridgehead atoms. The Morgan fingerprint density at radius 3 is 2.76 bits per heavy atom. The van der Waals surface area contributed by atoms with Gasteiger partial charge in [-0.1, -0.05) is 19.6 Å². The molecule has 0 aromatic rings. The Labute approximate surface area is 103 Å². The molecule has 1 aliphatic heterocycles. The minimum Gasteiger partial charge on any atom is -0.450 e. The van der Waals surface area contributed by atoms with E-state index in [9.17, 15) is 9.59 Å². The molecule has 1 amide bonds. The van der Waals surface area contributed by atoms with E-state index in [4.69, 9.17) is 4.74 Å². The lowest BCUT2D eigenvalue weighted by Gasteiger charge is -2.18. The van der Waals surface area contributed by atoms with Crippen molar-refractivity contribution in [2.45, 2.75) is 31.7 Å². The van der Waals surface area contributed by atoms with Gasteiger partial charge in [-0.2, -0.15) is 0 Å². The fourth-order valence-corrected chi connectivity index (χ4v) is 2.36. The molecule has 1 aliphatic rings. The summed E-state index contributed by atoms with van der Waals surface area (Å²) in [7, 11) is -1.16. The summed E-state index contributed by atoms with van der Waals surface area (Å²) in [6.45, 7) is 8.43. The van der Waals surface area contributed by atoms with Crippen molar-refractivity contribution in [3.63, 3.8) is 0 Å². The third-order valence-corrected chi connectivity index (χ3v) is 4.53. The predicted molar refractivity (Wildman–Crippen MR) is 68.8 cm³/mol. The van der Waals surface area contributed by atoms with E-state index in [1.54, 1.807) is 0 Å². The Hall–Kier alpha value is -0.883. The number of aldehydes is 1. The van der Waals surface area contributed by atoms with Crippen LogP contribution in [0, 0.1) is 5.92 Å². The quantitative estimate of drug-likeness (QED) is 0.566. The molecular formula is C11H22N2O3Si. The van der Waals surface area contributed by atoms with Crippen LogP contribution in [-0.4, -0.2) is 46.2 Å². The summed E-state index contributed by atoms with van der Waals surface area (Å²) in [6, 6.07) is 0.826. The SMILES string of the molecule is C[Si](C)(C)CCOC(=O)N[C@@H]1CNC[C@H]1C=O. The number of rotatable bonds is 5. The van der Waals surface area contributed by atoms with E-state index >= 15 is 0 Å². The van der Waals surface area contributed by atoms with Gasteiger partial charge in [0.1, 0.15) is 6.29 Å². The number of nitrogens with one attached hydrogen (secondary N) is 2. The van der Waals surface area contributed by atoms with E-state index in [0.29, 0.717) is 19.7 Å². The Morgan fingerprint density at radius 1 is 1.47 bits per heavy atom. The van der Waals surface area contributed by atoms with Gasteiger partial charge in [0, 0.05) is 27.1 Å². The first-order valence-corrected chi connectivity index (χ1v) is 9.72. The third kappa shape index (κ3) is 5.32. The first kappa shape index (κ1) is 14.2. The van der Waals surface area contributed by atoms with E-state index in [-0.39, 0.29) is 12.0 Å². The molecule has 0 aromatic heterocycles. The molecule has 0 aliphatic carbocycles. The second-order valence-electron chi connectivity index (χ2n) is 5.66. The van der Waals surface area contributed by atoms with E-state index in [1.165, 1.54) is 0 Å². The lowest BCUT2D eigenvalue weighted by atomic mass is 10.1. The molecule has 0 radical (unpaired) electrons. The summed E-state index contributed by atoms with van der Waals surface area (Å²) < 4.78 is 5.11. The first-order valence-electron chi connectivity index (χ1n) is 6.02. The van der Waals surface area contributed by atoms with Gasteiger partial charge >= 0.3 is 6.09 Å². The van der Waals surface area contributed by atoms with Gasteiger partial charge < -0.3 is 20.2 Å². The first-order chi connectivity index (χ1) is 7.92. The lowest BCUT2D eigenvalue weighted by molar-refractivity contribution is -0.111. The van der Waals surface area contributed by atoms with E-state index < -0.39 is 14.2 Å². The van der Waals surface area contributed by atoms with Gasteiger partial charge in [0.25, 0.3) is 0 Å². The maximum Gasteiger partial charge on any atom is 0.407 e. The zero-order chi connectivity index (χ0) is 12.9. The van der Waals surface area contributed by atoms with Gasteiger partial charge in [-0.25, -0.2) is 4.79 Å². The number of amides is 1. The number of ether oxygens (including phenoxy) is 1. The highest BCUT2D eigenvalue weighted by molar-refractivity contribution is 6.76. The fourth-order valence-electron chi connectivity index (χ4n) is 1.64. The molecule has 0 aromatic carbocycles. The Morgan fingerprint density at radius 2 is 2.18 bits per heavy atom. The van der Waals surface area contributed by atoms with Crippen LogP contribution in [0.1, 0.15) is 0 Å². The topological polar surface area (TPSA) is 67.4 Å². The molecule has 2 atom stereocenters. The molecule has 0 saturated carbocycles. The Kier molecular flexibility index (Phi) is 5.14. The highest BCUT2D eigenvalue weighted by Crippen LogP contribution is 2.09. The van der Waals surface area contributed by atoms with E-state index in [1.807, 2.05) is 0 Å². The molecule has 98 valence electrons. The van der Waals surface area contributed by atoms with Crippen molar-refractivity contribution in [3.05, 3.63) is 0 Å². The largest absolute Gasteiger partial charge is 0.450 e. The average Bonchev–Trinajstić information content (AvgIpc) is 2.63. The van der Waals surface area contributed by atoms with Gasteiger partial charge in [-0.3, -0.25) is 0 Å². The molecule has 1 rings (SSSR count). The van der Waals surface area contributed by atoms with Crippen LogP contribution in [0.5, 0.6) is 0 Å². The second kappa shape index (κ2) is 6.16. The Balaban J connectivity index is 2.23. The molecule has 17 heavy (non-hydrogen) atoms. The normalized spacial score (nSPS) is 24.4. The van der Waals surface area contributed by atoms with Crippen LogP contribution in [0.3, 0.4) is 0 Å². The molecular weight excluding hydrogens is 236 g/mol. The predicted octanol–water partition coefficient (Wildman–Crippen LogP) is 0.838. The molecule has 1 saturated heterocycles. The van der Waals surface area contributed by atoms with Crippen molar-refractivity contribution in [1.82, 2.24) is 10.6 Å². The Bertz CT molecular complexity index is 278. The lowest BCUT2D eigenvalue weighted by Crippen LogP contribution is -2.41. The minimum absolute atomic E-state index is 0.133. The van der Waals surface area contributed by atoms with Crippen molar-refractivity contribution in [2.75, 3.05) is 19.7 Å². The maximum absolute atomic E-state index is 11.5. The number of carbonyl (C=O) groups excluding carboxylic acids is 2. The average molecular weight is 258 g/mol. The standard InChI is InChI=1S/C11H22N2O3Si/c1-17(2,3)5-4-16-11(15)13-10-7-12-6-9(10)8-14/h8-10,12H,4-7H2,1-3H3,(H,13,15)/t9-,10+/m0/s1. The highest BCUT2D eigenvalue weighted by atomic mass is 28.3. The number of hydrogen-bond acceptors (Lipinski definition) is 4. The molecule has 6 heteroatoms.